The Hall–Kier alpha value is -1.00. The molecular formula is C12H13ClO3S. The molecule has 0 aliphatic heterocycles. The summed E-state index contributed by atoms with van der Waals surface area (Å²) in [4.78, 5) is 23.8. The lowest BCUT2D eigenvalue weighted by molar-refractivity contribution is 0.0526. The van der Waals surface area contributed by atoms with Gasteiger partial charge in [-0.1, -0.05) is 0 Å². The van der Waals surface area contributed by atoms with Gasteiger partial charge in [-0.15, -0.1) is 24.2 Å². The van der Waals surface area contributed by atoms with Crippen LogP contribution in [0.15, 0.2) is 23.1 Å². The summed E-state index contributed by atoms with van der Waals surface area (Å²) < 4.78 is 4.86. The molecule has 3 nitrogen and oxygen atoms in total. The molecule has 0 amide bonds. The highest BCUT2D eigenvalue weighted by Crippen LogP contribution is 2.18. The van der Waals surface area contributed by atoms with Crippen molar-refractivity contribution in [3.05, 3.63) is 29.3 Å². The van der Waals surface area contributed by atoms with Gasteiger partial charge in [0, 0.05) is 22.8 Å². The molecule has 1 aromatic rings. The van der Waals surface area contributed by atoms with Gasteiger partial charge in [-0.3, -0.25) is 4.79 Å². The van der Waals surface area contributed by atoms with E-state index in [1.165, 1.54) is 6.07 Å². The lowest BCUT2D eigenvalue weighted by atomic mass is 10.1. The molecule has 1 aromatic carbocycles. The smallest absolute Gasteiger partial charge is 0.338 e. The van der Waals surface area contributed by atoms with Crippen molar-refractivity contribution >= 4 is 36.0 Å². The summed E-state index contributed by atoms with van der Waals surface area (Å²) >= 11 is 9.70. The normalized spacial score (nSPS) is 10.1. The average Bonchev–Trinajstić information content (AvgIpc) is 2.30. The largest absolute Gasteiger partial charge is 0.462 e. The fourth-order valence-corrected chi connectivity index (χ4v) is 1.76. The van der Waals surface area contributed by atoms with Crippen LogP contribution in [0.5, 0.6) is 0 Å². The fourth-order valence-electron chi connectivity index (χ4n) is 1.32. The molecule has 0 spiro atoms. The van der Waals surface area contributed by atoms with E-state index in [1.54, 1.807) is 19.1 Å². The second-order valence-corrected chi connectivity index (χ2v) is 4.17. The molecular weight excluding hydrogens is 260 g/mol. The van der Waals surface area contributed by atoms with Gasteiger partial charge in [0.2, 0.25) is 0 Å². The standard InChI is InChI=1S/C12H13ClO3S/c1-2-16-12(15)8-3-4-11(17)9(7-8)10(14)5-6-13/h3-4,7,17H,2,5-6H2,1H3. The molecule has 0 N–H and O–H groups in total. The Morgan fingerprint density at radius 2 is 2.12 bits per heavy atom. The van der Waals surface area contributed by atoms with Crippen molar-refractivity contribution in [2.24, 2.45) is 0 Å². The van der Waals surface area contributed by atoms with E-state index >= 15 is 0 Å². The number of hydrogen-bond donors (Lipinski definition) is 1. The van der Waals surface area contributed by atoms with Gasteiger partial charge < -0.3 is 4.74 Å². The zero-order valence-corrected chi connectivity index (χ0v) is 11.1. The zero-order chi connectivity index (χ0) is 12.8. The first-order valence-corrected chi connectivity index (χ1v) is 6.17. The molecule has 0 bridgehead atoms. The molecule has 0 aliphatic rings. The fraction of sp³-hybridized carbons (Fsp3) is 0.333. The van der Waals surface area contributed by atoms with Crippen LogP contribution in [-0.4, -0.2) is 24.2 Å². The Balaban J connectivity index is 3.02. The van der Waals surface area contributed by atoms with Gasteiger partial charge in [0.1, 0.15) is 0 Å². The first-order valence-electron chi connectivity index (χ1n) is 5.19. The number of hydrogen-bond acceptors (Lipinski definition) is 4. The van der Waals surface area contributed by atoms with Crippen LogP contribution in [0.25, 0.3) is 0 Å². The third-order valence-corrected chi connectivity index (χ3v) is 2.71. The van der Waals surface area contributed by atoms with Gasteiger partial charge in [-0.05, 0) is 25.1 Å². The number of carbonyl (C=O) groups excluding carboxylic acids is 2. The van der Waals surface area contributed by atoms with Crippen molar-refractivity contribution in [2.75, 3.05) is 12.5 Å². The second-order valence-electron chi connectivity index (χ2n) is 3.31. The minimum atomic E-state index is -0.444. The van der Waals surface area contributed by atoms with E-state index in [9.17, 15) is 9.59 Å². The van der Waals surface area contributed by atoms with Gasteiger partial charge in [0.05, 0.1) is 12.2 Å². The minimum absolute atomic E-state index is 0.129. The SMILES string of the molecule is CCOC(=O)c1ccc(S)c(C(=O)CCCl)c1. The maximum Gasteiger partial charge on any atom is 0.338 e. The van der Waals surface area contributed by atoms with Crippen molar-refractivity contribution in [1.82, 2.24) is 0 Å². The highest BCUT2D eigenvalue weighted by molar-refractivity contribution is 7.80. The maximum absolute atomic E-state index is 11.7. The van der Waals surface area contributed by atoms with Crippen molar-refractivity contribution in [3.8, 4) is 0 Å². The number of Topliss-reactive ketones (excluding diaryl/α,β-unsaturated/α-hetero) is 1. The molecule has 17 heavy (non-hydrogen) atoms. The summed E-state index contributed by atoms with van der Waals surface area (Å²) in [5.41, 5.74) is 0.752. The van der Waals surface area contributed by atoms with Crippen molar-refractivity contribution in [2.45, 2.75) is 18.2 Å². The van der Waals surface area contributed by atoms with Crippen LogP contribution in [-0.2, 0) is 4.74 Å². The van der Waals surface area contributed by atoms with E-state index in [4.69, 9.17) is 16.3 Å². The molecule has 0 unspecified atom stereocenters. The highest BCUT2D eigenvalue weighted by Gasteiger charge is 2.13. The van der Waals surface area contributed by atoms with E-state index in [0.29, 0.717) is 22.6 Å². The number of benzene rings is 1. The van der Waals surface area contributed by atoms with Crippen LogP contribution < -0.4 is 0 Å². The predicted octanol–water partition coefficient (Wildman–Crippen LogP) is 2.96. The van der Waals surface area contributed by atoms with Gasteiger partial charge >= 0.3 is 5.97 Å². The number of alkyl halides is 1. The summed E-state index contributed by atoms with van der Waals surface area (Å²) in [5, 5.41) is 0. The second kappa shape index (κ2) is 6.67. The third-order valence-electron chi connectivity index (χ3n) is 2.13. The molecule has 0 aliphatic carbocycles. The predicted molar refractivity (Wildman–Crippen MR) is 69.3 cm³/mol. The molecule has 1 rings (SSSR count). The minimum Gasteiger partial charge on any atom is -0.462 e. The van der Waals surface area contributed by atoms with E-state index in [2.05, 4.69) is 12.6 Å². The number of thiol groups is 1. The molecule has 0 atom stereocenters. The van der Waals surface area contributed by atoms with E-state index in [0.717, 1.165) is 0 Å². The van der Waals surface area contributed by atoms with Crippen LogP contribution in [0, 0.1) is 0 Å². The third kappa shape index (κ3) is 3.75. The molecule has 0 heterocycles. The van der Waals surface area contributed by atoms with E-state index in [1.807, 2.05) is 0 Å². The van der Waals surface area contributed by atoms with Crippen LogP contribution in [0.4, 0.5) is 0 Å². The number of rotatable bonds is 5. The highest BCUT2D eigenvalue weighted by atomic mass is 35.5. The van der Waals surface area contributed by atoms with Crippen molar-refractivity contribution in [3.63, 3.8) is 0 Å². The molecule has 0 fully saturated rings. The van der Waals surface area contributed by atoms with Crippen LogP contribution in [0.1, 0.15) is 34.1 Å². The molecule has 5 heteroatoms. The summed E-state index contributed by atoms with van der Waals surface area (Å²) in [6.45, 7) is 2.02. The summed E-state index contributed by atoms with van der Waals surface area (Å²) in [5.74, 6) is -0.327. The summed E-state index contributed by atoms with van der Waals surface area (Å²) in [6.07, 6.45) is 0.224. The number of carbonyl (C=O) groups is 2. The molecule has 0 saturated heterocycles. The topological polar surface area (TPSA) is 43.4 Å². The number of esters is 1. The Kier molecular flexibility index (Phi) is 5.51. The monoisotopic (exact) mass is 272 g/mol. The molecule has 0 radical (unpaired) electrons. The van der Waals surface area contributed by atoms with Crippen LogP contribution >= 0.6 is 24.2 Å². The average molecular weight is 273 g/mol. The number of halogens is 1. The maximum atomic E-state index is 11.7. The van der Waals surface area contributed by atoms with E-state index < -0.39 is 5.97 Å². The first-order chi connectivity index (χ1) is 8.10. The molecule has 0 aromatic heterocycles. The summed E-state index contributed by atoms with van der Waals surface area (Å²) in [6, 6.07) is 4.68. The van der Waals surface area contributed by atoms with Gasteiger partial charge in [0.15, 0.2) is 5.78 Å². The van der Waals surface area contributed by atoms with Gasteiger partial charge in [-0.2, -0.15) is 0 Å². The van der Waals surface area contributed by atoms with Gasteiger partial charge in [0.25, 0.3) is 0 Å². The van der Waals surface area contributed by atoms with E-state index in [-0.39, 0.29) is 18.1 Å². The lowest BCUT2D eigenvalue weighted by Gasteiger charge is -2.06. The van der Waals surface area contributed by atoms with Crippen LogP contribution in [0.2, 0.25) is 0 Å². The van der Waals surface area contributed by atoms with Crippen LogP contribution in [0.3, 0.4) is 0 Å². The Labute approximate surface area is 111 Å². The number of ether oxygens (including phenoxy) is 1. The Morgan fingerprint density at radius 1 is 1.41 bits per heavy atom. The van der Waals surface area contributed by atoms with Crippen molar-refractivity contribution in [1.29, 1.82) is 0 Å². The number of ketones is 1. The molecule has 0 saturated carbocycles. The Morgan fingerprint density at radius 3 is 2.71 bits per heavy atom. The lowest BCUT2D eigenvalue weighted by Crippen LogP contribution is -2.08. The Bertz CT molecular complexity index is 432. The molecule has 92 valence electrons. The quantitative estimate of drug-likeness (QED) is 0.388. The van der Waals surface area contributed by atoms with Crippen molar-refractivity contribution < 1.29 is 14.3 Å². The first kappa shape index (κ1) is 14.1. The zero-order valence-electron chi connectivity index (χ0n) is 9.40. The van der Waals surface area contributed by atoms with Gasteiger partial charge in [-0.25, -0.2) is 4.79 Å². The summed E-state index contributed by atoms with van der Waals surface area (Å²) in [7, 11) is 0.